The highest BCUT2D eigenvalue weighted by molar-refractivity contribution is 5.52. The summed E-state index contributed by atoms with van der Waals surface area (Å²) in [7, 11) is 0. The van der Waals surface area contributed by atoms with Crippen LogP contribution in [0.3, 0.4) is 0 Å². The Bertz CT molecular complexity index is 660. The van der Waals surface area contributed by atoms with E-state index in [1.165, 1.54) is 10.7 Å². The lowest BCUT2D eigenvalue weighted by Crippen LogP contribution is -2.14. The molecule has 2 rings (SSSR count). The number of nitrogens with two attached hydrogens (primary N) is 1. The number of nitrogens with zero attached hydrogens (tertiary/aromatic N) is 3. The van der Waals surface area contributed by atoms with Gasteiger partial charge in [0.1, 0.15) is 11.9 Å². The molecule has 0 aliphatic heterocycles. The average molecular weight is 298 g/mol. The van der Waals surface area contributed by atoms with Crippen molar-refractivity contribution in [3.8, 4) is 5.75 Å². The molecule has 0 radical (unpaired) electrons. The smallest absolute Gasteiger partial charge is 0.387 e. The van der Waals surface area contributed by atoms with Crippen molar-refractivity contribution < 1.29 is 18.4 Å². The molecule has 1 heterocycles. The number of aromatic nitrogens is 2. The molecule has 0 amide bonds. The third kappa shape index (κ3) is 2.91. The molecule has 0 aliphatic rings. The number of hydrogen-bond acceptors (Lipinski definition) is 5. The molecule has 1 aromatic carbocycles. The van der Waals surface area contributed by atoms with Crippen LogP contribution in [0.2, 0.25) is 0 Å². The van der Waals surface area contributed by atoms with Crippen LogP contribution in [0, 0.1) is 10.1 Å². The van der Waals surface area contributed by atoms with Gasteiger partial charge in [-0.25, -0.2) is 4.68 Å². The highest BCUT2D eigenvalue weighted by Crippen LogP contribution is 2.32. The molecule has 0 bridgehead atoms. The number of hydrogen-bond donors (Lipinski definition) is 1. The minimum atomic E-state index is -2.97. The highest BCUT2D eigenvalue weighted by atomic mass is 19.3. The summed E-state index contributed by atoms with van der Waals surface area (Å²) >= 11 is 0. The first kappa shape index (κ1) is 14.7. The number of nitrogen functional groups attached to an aromatic ring is 1. The van der Waals surface area contributed by atoms with E-state index in [-0.39, 0.29) is 17.3 Å². The third-order valence-electron chi connectivity index (χ3n) is 2.96. The van der Waals surface area contributed by atoms with Crippen LogP contribution >= 0.6 is 0 Å². The van der Waals surface area contributed by atoms with Crippen molar-refractivity contribution in [1.82, 2.24) is 9.78 Å². The summed E-state index contributed by atoms with van der Waals surface area (Å²) < 4.78 is 30.4. The van der Waals surface area contributed by atoms with Crippen molar-refractivity contribution in [2.45, 2.75) is 19.6 Å². The van der Waals surface area contributed by atoms with E-state index in [0.717, 1.165) is 6.20 Å². The normalized spacial score (nSPS) is 12.4. The molecule has 1 unspecified atom stereocenters. The van der Waals surface area contributed by atoms with Crippen LogP contribution < -0.4 is 10.5 Å². The number of nitro groups is 1. The van der Waals surface area contributed by atoms with Crippen LogP contribution in [0.1, 0.15) is 18.5 Å². The summed E-state index contributed by atoms with van der Waals surface area (Å²) in [5.74, 6) is -0.183. The summed E-state index contributed by atoms with van der Waals surface area (Å²) in [6.45, 7) is -1.34. The van der Waals surface area contributed by atoms with Crippen LogP contribution in [-0.4, -0.2) is 21.3 Å². The van der Waals surface area contributed by atoms with E-state index in [1.807, 2.05) is 0 Å². The molecule has 1 atom stereocenters. The van der Waals surface area contributed by atoms with Gasteiger partial charge in [0.25, 0.3) is 0 Å². The maximum absolute atomic E-state index is 12.4. The number of alkyl halides is 2. The van der Waals surface area contributed by atoms with Crippen molar-refractivity contribution in [1.29, 1.82) is 0 Å². The summed E-state index contributed by atoms with van der Waals surface area (Å²) in [6, 6.07) is 5.52. The first-order valence-electron chi connectivity index (χ1n) is 5.93. The lowest BCUT2D eigenvalue weighted by molar-refractivity contribution is -0.384. The number of rotatable bonds is 5. The van der Waals surface area contributed by atoms with E-state index < -0.39 is 17.6 Å². The number of para-hydroxylation sites is 1. The number of ether oxygens (including phenoxy) is 1. The quantitative estimate of drug-likeness (QED) is 0.676. The van der Waals surface area contributed by atoms with Gasteiger partial charge in [-0.2, -0.15) is 13.9 Å². The van der Waals surface area contributed by atoms with Gasteiger partial charge in [0.05, 0.1) is 11.0 Å². The van der Waals surface area contributed by atoms with Crippen LogP contribution in [-0.2, 0) is 0 Å². The molecule has 0 fully saturated rings. The molecule has 0 aliphatic carbocycles. The van der Waals surface area contributed by atoms with E-state index in [0.29, 0.717) is 5.56 Å². The Morgan fingerprint density at radius 2 is 2.10 bits per heavy atom. The maximum atomic E-state index is 12.4. The predicted octanol–water partition coefficient (Wildman–Crippen LogP) is 2.58. The maximum Gasteiger partial charge on any atom is 0.387 e. The van der Waals surface area contributed by atoms with Gasteiger partial charge in [0.15, 0.2) is 0 Å². The first-order valence-corrected chi connectivity index (χ1v) is 5.93. The molecule has 21 heavy (non-hydrogen) atoms. The predicted molar refractivity (Wildman–Crippen MR) is 70.2 cm³/mol. The SMILES string of the molecule is CC(c1ccccc1OC(F)F)n1ncc([N+](=O)[O-])c1N. The molecule has 0 saturated heterocycles. The third-order valence-corrected chi connectivity index (χ3v) is 2.96. The van der Waals surface area contributed by atoms with E-state index in [1.54, 1.807) is 25.1 Å². The van der Waals surface area contributed by atoms with Crippen LogP contribution in [0.25, 0.3) is 0 Å². The number of benzene rings is 1. The molecule has 0 spiro atoms. The van der Waals surface area contributed by atoms with Crippen molar-refractivity contribution in [2.75, 3.05) is 5.73 Å². The zero-order chi connectivity index (χ0) is 15.6. The van der Waals surface area contributed by atoms with Crippen LogP contribution in [0.4, 0.5) is 20.3 Å². The molecule has 2 aromatic rings. The molecule has 112 valence electrons. The van der Waals surface area contributed by atoms with Crippen molar-refractivity contribution in [3.63, 3.8) is 0 Å². The second-order valence-electron chi connectivity index (χ2n) is 4.21. The van der Waals surface area contributed by atoms with Gasteiger partial charge in [-0.1, -0.05) is 18.2 Å². The summed E-state index contributed by atoms with van der Waals surface area (Å²) in [5, 5.41) is 14.6. The van der Waals surface area contributed by atoms with Crippen LogP contribution in [0.5, 0.6) is 5.75 Å². The van der Waals surface area contributed by atoms with Gasteiger partial charge in [-0.3, -0.25) is 10.1 Å². The topological polar surface area (TPSA) is 96.2 Å². The number of anilines is 1. The fraction of sp³-hybridized carbons (Fsp3) is 0.250. The Balaban J connectivity index is 2.41. The average Bonchev–Trinajstić information content (AvgIpc) is 2.80. The van der Waals surface area contributed by atoms with Gasteiger partial charge in [0.2, 0.25) is 5.82 Å². The number of halogens is 2. The Kier molecular flexibility index (Phi) is 4.01. The minimum Gasteiger partial charge on any atom is -0.434 e. The van der Waals surface area contributed by atoms with Gasteiger partial charge >= 0.3 is 12.3 Å². The Hall–Kier alpha value is -2.71. The second kappa shape index (κ2) is 5.73. The fourth-order valence-electron chi connectivity index (χ4n) is 1.97. The molecular weight excluding hydrogens is 286 g/mol. The second-order valence-corrected chi connectivity index (χ2v) is 4.21. The monoisotopic (exact) mass is 298 g/mol. The Morgan fingerprint density at radius 1 is 1.43 bits per heavy atom. The zero-order valence-electron chi connectivity index (χ0n) is 10.9. The van der Waals surface area contributed by atoms with Crippen LogP contribution in [0.15, 0.2) is 30.5 Å². The molecule has 2 N–H and O–H groups in total. The Morgan fingerprint density at radius 3 is 2.67 bits per heavy atom. The van der Waals surface area contributed by atoms with E-state index >= 15 is 0 Å². The van der Waals surface area contributed by atoms with Crippen molar-refractivity contribution in [2.24, 2.45) is 0 Å². The van der Waals surface area contributed by atoms with E-state index in [2.05, 4.69) is 9.84 Å². The minimum absolute atomic E-state index is 0.0300. The summed E-state index contributed by atoms with van der Waals surface area (Å²) in [5.41, 5.74) is 5.72. The van der Waals surface area contributed by atoms with E-state index in [9.17, 15) is 18.9 Å². The Labute approximate surface area is 118 Å². The lowest BCUT2D eigenvalue weighted by Gasteiger charge is -2.17. The molecule has 0 saturated carbocycles. The molecular formula is C12H12F2N4O3. The first-order chi connectivity index (χ1) is 9.91. The summed E-state index contributed by atoms with van der Waals surface area (Å²) in [4.78, 5) is 10.1. The fourth-order valence-corrected chi connectivity index (χ4v) is 1.97. The van der Waals surface area contributed by atoms with Crippen molar-refractivity contribution in [3.05, 3.63) is 46.1 Å². The van der Waals surface area contributed by atoms with Gasteiger partial charge in [-0.15, -0.1) is 0 Å². The van der Waals surface area contributed by atoms with Gasteiger partial charge in [0, 0.05) is 5.56 Å². The highest BCUT2D eigenvalue weighted by Gasteiger charge is 2.23. The van der Waals surface area contributed by atoms with E-state index in [4.69, 9.17) is 5.73 Å². The molecule has 9 heteroatoms. The molecule has 7 nitrogen and oxygen atoms in total. The van der Waals surface area contributed by atoms with Gasteiger partial charge in [-0.05, 0) is 13.0 Å². The van der Waals surface area contributed by atoms with Crippen molar-refractivity contribution >= 4 is 11.5 Å². The van der Waals surface area contributed by atoms with Gasteiger partial charge < -0.3 is 10.5 Å². The zero-order valence-corrected chi connectivity index (χ0v) is 10.9. The standard InChI is InChI=1S/C12H12F2N4O3/c1-7(17-11(15)9(6-16-17)18(19)20)8-4-2-3-5-10(8)21-12(13)14/h2-7,12H,15H2,1H3. The summed E-state index contributed by atoms with van der Waals surface area (Å²) in [6.07, 6.45) is 1.02. The molecule has 1 aromatic heterocycles. The lowest BCUT2D eigenvalue weighted by atomic mass is 10.1. The largest absolute Gasteiger partial charge is 0.434 e.